The number of rotatable bonds is 0. The van der Waals surface area contributed by atoms with E-state index in [0.717, 1.165) is 0 Å². The first-order chi connectivity index (χ1) is 0. The van der Waals surface area contributed by atoms with Crippen molar-refractivity contribution in [2.75, 3.05) is 0 Å². The maximum atomic E-state index is 0. The van der Waals surface area contributed by atoms with Crippen LogP contribution in [0.15, 0.2) is 0 Å². The van der Waals surface area contributed by atoms with E-state index in [9.17, 15) is 0 Å². The standard InChI is InChI=1S/3Ni.4Sn.8H. The van der Waals surface area contributed by atoms with Gasteiger partial charge in [-0.05, 0) is 0 Å². The van der Waals surface area contributed by atoms with Crippen molar-refractivity contribution in [3.63, 3.8) is 0 Å². The van der Waals surface area contributed by atoms with Crippen LogP contribution >= 0.6 is 0 Å². The van der Waals surface area contributed by atoms with E-state index >= 15 is 0 Å². The van der Waals surface area contributed by atoms with Crippen molar-refractivity contribution in [1.29, 1.82) is 0 Å². The molecule has 7 heteroatoms. The van der Waals surface area contributed by atoms with Gasteiger partial charge in [0.15, 0.2) is 0 Å². The van der Waals surface area contributed by atoms with Gasteiger partial charge in [0, 0.05) is 49.5 Å². The molecule has 0 unspecified atom stereocenters. The third kappa shape index (κ3) is 36.8. The fraction of sp³-hybridized carbons (Fsp3) is 0. The van der Waals surface area contributed by atoms with E-state index in [-0.39, 0.29) is 145 Å². The molecular formula is H8Ni3Sn4. The van der Waals surface area contributed by atoms with Gasteiger partial charge in [0.1, 0.15) is 0 Å². The minimum atomic E-state index is 0. The average Bonchev–Trinajstić information content (AvgIpc) is 0. The van der Waals surface area contributed by atoms with E-state index in [1.165, 1.54) is 0 Å². The van der Waals surface area contributed by atoms with Crippen LogP contribution in [0.5, 0.6) is 0 Å². The van der Waals surface area contributed by atoms with Gasteiger partial charge < -0.3 is 0 Å². The summed E-state index contributed by atoms with van der Waals surface area (Å²) in [4.78, 5) is 0. The van der Waals surface area contributed by atoms with Gasteiger partial charge in [0.25, 0.3) is 0 Å². The van der Waals surface area contributed by atoms with Crippen LogP contribution in [-0.2, 0) is 49.5 Å². The van der Waals surface area contributed by atoms with Crippen LogP contribution in [0.1, 0.15) is 0 Å². The summed E-state index contributed by atoms with van der Waals surface area (Å²) in [7, 11) is 0. The molecule has 54 valence electrons. The Morgan fingerprint density at radius 1 is 0.286 bits per heavy atom. The van der Waals surface area contributed by atoms with E-state index in [1.807, 2.05) is 0 Å². The van der Waals surface area contributed by atoms with Crippen molar-refractivity contribution in [3.05, 3.63) is 0 Å². The third-order valence-corrected chi connectivity index (χ3v) is 0. The zero-order chi connectivity index (χ0) is 0. The van der Waals surface area contributed by atoms with Gasteiger partial charge in [-0.3, -0.25) is 0 Å². The first-order valence-corrected chi connectivity index (χ1v) is 0. The molecule has 7 heavy (non-hydrogen) atoms. The van der Waals surface area contributed by atoms with Crippen molar-refractivity contribution in [1.82, 2.24) is 0 Å². The van der Waals surface area contributed by atoms with Crippen LogP contribution in [-0.4, -0.2) is 95.6 Å². The predicted molar refractivity (Wildman–Crippen MR) is 34.2 cm³/mol. The Morgan fingerprint density at radius 2 is 0.286 bits per heavy atom. The molecule has 0 heterocycles. The van der Waals surface area contributed by atoms with Crippen LogP contribution in [0.25, 0.3) is 0 Å². The van der Waals surface area contributed by atoms with E-state index < -0.39 is 0 Å². The predicted octanol–water partition coefficient (Wildman–Crippen LogP) is -3.67. The monoisotopic (exact) mass is 661 g/mol. The van der Waals surface area contributed by atoms with E-state index in [0.29, 0.717) is 0 Å². The normalized spacial score (nSPS) is 0. The minimum absolute atomic E-state index is 0. The van der Waals surface area contributed by atoms with Crippen LogP contribution in [0.3, 0.4) is 0 Å². The van der Waals surface area contributed by atoms with Crippen molar-refractivity contribution in [2.24, 2.45) is 0 Å². The molecule has 0 aromatic heterocycles. The quantitative estimate of drug-likeness (QED) is 0.236. The van der Waals surface area contributed by atoms with Crippen molar-refractivity contribution in [2.45, 2.75) is 0 Å². The second-order valence-electron chi connectivity index (χ2n) is 0. The SMILES string of the molecule is [Ni].[Ni].[Ni].[SnH2].[SnH2].[SnH2].[SnH2]. The molecule has 0 nitrogen and oxygen atoms in total. The van der Waals surface area contributed by atoms with E-state index in [4.69, 9.17) is 0 Å². The number of hydrogen-bond acceptors (Lipinski definition) is 0. The molecule has 0 saturated heterocycles. The molecule has 8 radical (unpaired) electrons. The summed E-state index contributed by atoms with van der Waals surface area (Å²) in [5, 5.41) is 0. The second-order valence-corrected chi connectivity index (χ2v) is 0. The molecule has 0 aromatic rings. The number of hydrogen-bond donors (Lipinski definition) is 0. The summed E-state index contributed by atoms with van der Waals surface area (Å²) >= 11 is 0. The molecule has 0 rings (SSSR count). The van der Waals surface area contributed by atoms with Crippen molar-refractivity contribution >= 4 is 95.6 Å². The summed E-state index contributed by atoms with van der Waals surface area (Å²) < 4.78 is 0. The molecule has 0 aliphatic heterocycles. The van der Waals surface area contributed by atoms with Crippen LogP contribution in [0.2, 0.25) is 0 Å². The fourth-order valence-corrected chi connectivity index (χ4v) is 0. The summed E-state index contributed by atoms with van der Waals surface area (Å²) in [6.07, 6.45) is 0. The summed E-state index contributed by atoms with van der Waals surface area (Å²) in [5.74, 6) is 0. The molecule has 0 amide bonds. The van der Waals surface area contributed by atoms with Crippen LogP contribution < -0.4 is 0 Å². The van der Waals surface area contributed by atoms with Crippen LogP contribution in [0.4, 0.5) is 0 Å². The van der Waals surface area contributed by atoms with Gasteiger partial charge in [-0.2, -0.15) is 0 Å². The van der Waals surface area contributed by atoms with E-state index in [2.05, 4.69) is 0 Å². The van der Waals surface area contributed by atoms with Gasteiger partial charge in [-0.15, -0.1) is 0 Å². The second kappa shape index (κ2) is 45.7. The van der Waals surface area contributed by atoms with Crippen molar-refractivity contribution in [3.8, 4) is 0 Å². The molecule has 0 bridgehead atoms. The Morgan fingerprint density at radius 3 is 0.286 bits per heavy atom. The zero-order valence-electron chi connectivity index (χ0n) is 3.78. The van der Waals surface area contributed by atoms with Gasteiger partial charge >= 0.3 is 95.6 Å². The first-order valence-electron chi connectivity index (χ1n) is 0. The average molecular weight is 659 g/mol. The molecule has 0 N–H and O–H groups in total. The summed E-state index contributed by atoms with van der Waals surface area (Å²) in [5.41, 5.74) is 0. The molecule has 0 aliphatic rings. The van der Waals surface area contributed by atoms with E-state index in [1.54, 1.807) is 0 Å². The van der Waals surface area contributed by atoms with Gasteiger partial charge in [0.05, 0.1) is 0 Å². The fourth-order valence-electron chi connectivity index (χ4n) is 0. The van der Waals surface area contributed by atoms with Crippen molar-refractivity contribution < 1.29 is 49.5 Å². The maximum absolute atomic E-state index is 0. The van der Waals surface area contributed by atoms with Gasteiger partial charge in [-0.25, -0.2) is 0 Å². The Labute approximate surface area is 142 Å². The molecule has 0 aliphatic carbocycles. The molecule has 0 saturated carbocycles. The summed E-state index contributed by atoms with van der Waals surface area (Å²) in [6.45, 7) is 0. The van der Waals surface area contributed by atoms with Gasteiger partial charge in [-0.1, -0.05) is 0 Å². The summed E-state index contributed by atoms with van der Waals surface area (Å²) in [6, 6.07) is 0. The molecule has 0 fully saturated rings. The molecule has 0 spiro atoms. The molecule has 0 atom stereocenters. The van der Waals surface area contributed by atoms with Crippen LogP contribution in [0, 0.1) is 0 Å². The third-order valence-electron chi connectivity index (χ3n) is 0. The topological polar surface area (TPSA) is 0 Å². The Hall–Kier alpha value is 4.68. The van der Waals surface area contributed by atoms with Gasteiger partial charge in [0.2, 0.25) is 0 Å². The molecule has 0 aromatic carbocycles. The first kappa shape index (κ1) is 60.9. The Kier molecular flexibility index (Phi) is 398. The Bertz CT molecular complexity index is 6.90. The zero-order valence-corrected chi connectivity index (χ0v) is 22.9. The Balaban J connectivity index is 0. The molecular weight excluding hydrogens is 651 g/mol.